The molecule has 2 fully saturated rings. The fourth-order valence-corrected chi connectivity index (χ4v) is 2.50. The minimum atomic E-state index is 0. The van der Waals surface area contributed by atoms with Crippen LogP contribution in [-0.2, 0) is 4.74 Å². The van der Waals surface area contributed by atoms with Crippen molar-refractivity contribution in [2.75, 3.05) is 32.8 Å². The van der Waals surface area contributed by atoms with E-state index in [0.29, 0.717) is 6.10 Å². The molecule has 0 amide bonds. The van der Waals surface area contributed by atoms with Crippen LogP contribution in [-0.4, -0.2) is 38.9 Å². The minimum absolute atomic E-state index is 0. The number of nitrogens with one attached hydrogen (secondary N) is 2. The molecule has 2 aliphatic heterocycles. The molecular weight excluding hydrogens is 224 g/mol. The molecule has 2 rings (SSSR count). The van der Waals surface area contributed by atoms with E-state index in [4.69, 9.17) is 4.74 Å². The van der Waals surface area contributed by atoms with Crippen molar-refractivity contribution in [2.45, 2.75) is 38.2 Å². The first-order valence-corrected chi connectivity index (χ1v) is 6.48. The highest BCUT2D eigenvalue weighted by Crippen LogP contribution is 2.13. The SMILES string of the molecule is C1CCC(CNCC2CCNCC2)OC1.Cl. The molecular formula is C12H25ClN2O. The summed E-state index contributed by atoms with van der Waals surface area (Å²) in [7, 11) is 0. The number of hydrogen-bond donors (Lipinski definition) is 2. The van der Waals surface area contributed by atoms with Crippen molar-refractivity contribution >= 4 is 12.4 Å². The van der Waals surface area contributed by atoms with Gasteiger partial charge in [-0.05, 0) is 57.7 Å². The lowest BCUT2D eigenvalue weighted by Gasteiger charge is -2.26. The van der Waals surface area contributed by atoms with E-state index >= 15 is 0 Å². The van der Waals surface area contributed by atoms with Gasteiger partial charge < -0.3 is 15.4 Å². The van der Waals surface area contributed by atoms with Gasteiger partial charge in [-0.25, -0.2) is 0 Å². The third-order valence-electron chi connectivity index (χ3n) is 3.54. The summed E-state index contributed by atoms with van der Waals surface area (Å²) < 4.78 is 5.69. The quantitative estimate of drug-likeness (QED) is 0.793. The minimum Gasteiger partial charge on any atom is -0.377 e. The van der Waals surface area contributed by atoms with E-state index in [9.17, 15) is 0 Å². The molecule has 0 saturated carbocycles. The second kappa shape index (κ2) is 8.29. The topological polar surface area (TPSA) is 33.3 Å². The fourth-order valence-electron chi connectivity index (χ4n) is 2.50. The van der Waals surface area contributed by atoms with Gasteiger partial charge in [0.25, 0.3) is 0 Å². The molecule has 2 N–H and O–H groups in total. The van der Waals surface area contributed by atoms with Crippen LogP contribution in [0.5, 0.6) is 0 Å². The van der Waals surface area contributed by atoms with Crippen molar-refractivity contribution < 1.29 is 4.74 Å². The van der Waals surface area contributed by atoms with Crippen molar-refractivity contribution in [1.82, 2.24) is 10.6 Å². The summed E-state index contributed by atoms with van der Waals surface area (Å²) in [6, 6.07) is 0. The Morgan fingerprint density at radius 3 is 2.56 bits per heavy atom. The Hall–Kier alpha value is 0.170. The Morgan fingerprint density at radius 1 is 1.06 bits per heavy atom. The first-order valence-electron chi connectivity index (χ1n) is 6.48. The Labute approximate surface area is 105 Å². The molecule has 0 spiro atoms. The van der Waals surface area contributed by atoms with E-state index in [1.54, 1.807) is 0 Å². The summed E-state index contributed by atoms with van der Waals surface area (Å²) in [5.41, 5.74) is 0. The third kappa shape index (κ3) is 5.00. The maximum atomic E-state index is 5.69. The lowest BCUT2D eigenvalue weighted by atomic mass is 9.98. The van der Waals surface area contributed by atoms with Crippen molar-refractivity contribution in [3.63, 3.8) is 0 Å². The van der Waals surface area contributed by atoms with E-state index in [1.165, 1.54) is 51.7 Å². The van der Waals surface area contributed by atoms with Crippen molar-refractivity contribution in [2.24, 2.45) is 5.92 Å². The van der Waals surface area contributed by atoms with Gasteiger partial charge in [-0.2, -0.15) is 0 Å². The van der Waals surface area contributed by atoms with Gasteiger partial charge in [0.05, 0.1) is 6.10 Å². The fraction of sp³-hybridized carbons (Fsp3) is 1.00. The molecule has 2 saturated heterocycles. The first-order chi connectivity index (χ1) is 7.45. The van der Waals surface area contributed by atoms with Crippen LogP contribution in [0.2, 0.25) is 0 Å². The Morgan fingerprint density at radius 2 is 1.88 bits per heavy atom. The number of ether oxygens (including phenoxy) is 1. The zero-order valence-corrected chi connectivity index (χ0v) is 10.9. The molecule has 3 nitrogen and oxygen atoms in total. The largest absolute Gasteiger partial charge is 0.377 e. The lowest BCUT2D eigenvalue weighted by molar-refractivity contribution is 0.0163. The molecule has 0 aromatic heterocycles. The number of rotatable bonds is 4. The van der Waals surface area contributed by atoms with E-state index in [2.05, 4.69) is 10.6 Å². The molecule has 16 heavy (non-hydrogen) atoms. The average molecular weight is 249 g/mol. The van der Waals surface area contributed by atoms with Gasteiger partial charge in [0.2, 0.25) is 0 Å². The highest BCUT2D eigenvalue weighted by atomic mass is 35.5. The zero-order valence-electron chi connectivity index (χ0n) is 10.0. The maximum absolute atomic E-state index is 5.69. The molecule has 0 aromatic carbocycles. The van der Waals surface area contributed by atoms with E-state index < -0.39 is 0 Å². The van der Waals surface area contributed by atoms with Gasteiger partial charge in [-0.1, -0.05) is 0 Å². The van der Waals surface area contributed by atoms with Gasteiger partial charge in [0, 0.05) is 13.2 Å². The number of halogens is 1. The monoisotopic (exact) mass is 248 g/mol. The second-order valence-electron chi connectivity index (χ2n) is 4.84. The molecule has 0 aliphatic carbocycles. The normalized spacial score (nSPS) is 27.4. The van der Waals surface area contributed by atoms with Gasteiger partial charge in [-0.3, -0.25) is 0 Å². The van der Waals surface area contributed by atoms with Crippen molar-refractivity contribution in [3.05, 3.63) is 0 Å². The molecule has 0 radical (unpaired) electrons. The molecule has 2 heterocycles. The first kappa shape index (κ1) is 14.2. The smallest absolute Gasteiger partial charge is 0.0699 e. The van der Waals surface area contributed by atoms with E-state index in [0.717, 1.165) is 19.1 Å². The van der Waals surface area contributed by atoms with E-state index in [1.807, 2.05) is 0 Å². The summed E-state index contributed by atoms with van der Waals surface area (Å²) in [5, 5.41) is 6.97. The van der Waals surface area contributed by atoms with Gasteiger partial charge in [0.15, 0.2) is 0 Å². The van der Waals surface area contributed by atoms with Crippen LogP contribution in [0.25, 0.3) is 0 Å². The average Bonchev–Trinajstić information content (AvgIpc) is 2.32. The highest BCUT2D eigenvalue weighted by molar-refractivity contribution is 5.85. The predicted molar refractivity (Wildman–Crippen MR) is 69.3 cm³/mol. The van der Waals surface area contributed by atoms with Crippen LogP contribution in [0.4, 0.5) is 0 Å². The molecule has 1 unspecified atom stereocenters. The molecule has 96 valence electrons. The number of hydrogen-bond acceptors (Lipinski definition) is 3. The molecule has 0 aromatic rings. The highest BCUT2D eigenvalue weighted by Gasteiger charge is 2.15. The summed E-state index contributed by atoms with van der Waals surface area (Å²) in [4.78, 5) is 0. The van der Waals surface area contributed by atoms with Gasteiger partial charge in [0.1, 0.15) is 0 Å². The van der Waals surface area contributed by atoms with Crippen LogP contribution in [0.3, 0.4) is 0 Å². The standard InChI is InChI=1S/C12H24N2O.ClH/c1-2-8-15-12(3-1)10-14-9-11-4-6-13-7-5-11;/h11-14H,1-10H2;1H. The van der Waals surface area contributed by atoms with Crippen molar-refractivity contribution in [3.8, 4) is 0 Å². The van der Waals surface area contributed by atoms with Crippen LogP contribution >= 0.6 is 12.4 Å². The molecule has 4 heteroatoms. The van der Waals surface area contributed by atoms with Crippen LogP contribution in [0, 0.1) is 5.92 Å². The zero-order chi connectivity index (χ0) is 10.3. The summed E-state index contributed by atoms with van der Waals surface area (Å²) in [6.07, 6.45) is 7.00. The Bertz CT molecular complexity index is 150. The van der Waals surface area contributed by atoms with Gasteiger partial charge in [-0.15, -0.1) is 12.4 Å². The number of piperidine rings is 1. The Balaban J connectivity index is 0.00000128. The predicted octanol–water partition coefficient (Wildman–Crippen LogP) is 1.57. The van der Waals surface area contributed by atoms with E-state index in [-0.39, 0.29) is 12.4 Å². The second-order valence-corrected chi connectivity index (χ2v) is 4.84. The van der Waals surface area contributed by atoms with Crippen molar-refractivity contribution in [1.29, 1.82) is 0 Å². The lowest BCUT2D eigenvalue weighted by Crippen LogP contribution is -2.37. The molecule has 0 bridgehead atoms. The van der Waals surface area contributed by atoms with Crippen LogP contribution < -0.4 is 10.6 Å². The van der Waals surface area contributed by atoms with Crippen LogP contribution in [0.1, 0.15) is 32.1 Å². The summed E-state index contributed by atoms with van der Waals surface area (Å²) in [5.74, 6) is 0.884. The third-order valence-corrected chi connectivity index (χ3v) is 3.54. The van der Waals surface area contributed by atoms with Crippen LogP contribution in [0.15, 0.2) is 0 Å². The molecule has 1 atom stereocenters. The maximum Gasteiger partial charge on any atom is 0.0699 e. The van der Waals surface area contributed by atoms with Gasteiger partial charge >= 0.3 is 0 Å². The Kier molecular flexibility index (Phi) is 7.37. The summed E-state index contributed by atoms with van der Waals surface area (Å²) >= 11 is 0. The summed E-state index contributed by atoms with van der Waals surface area (Å²) in [6.45, 7) is 5.61. The molecule has 2 aliphatic rings.